The van der Waals surface area contributed by atoms with Crippen molar-refractivity contribution < 1.29 is 47.7 Å². The second kappa shape index (κ2) is 23.0. The number of benzene rings is 1. The number of nitrogens with zero attached hydrogens (tertiary/aromatic N) is 10. The maximum absolute atomic E-state index is 14.4. The number of nitrogens with two attached hydrogens (primary N) is 2. The first-order valence-corrected chi connectivity index (χ1v) is 24.8. The molecule has 6 amide bonds. The van der Waals surface area contributed by atoms with Crippen molar-refractivity contribution in [3.63, 3.8) is 0 Å². The standard InChI is InChI=1S/C50H66N16O10/c1-11-65-36(28(3)41(61-65)57-48(72)76-50(8,9)10)43(69)58-45-54-32-24-30(39(51)67)26-34(74-21-15-16-62-19-22-73-23-20-62)37(32)63(45)17-13-14-18-64-42-33(25-31(27-53-42)40(52)68)55-46(64)59-44(70)38-35(29(4)60-66(38)12-2)56-47(71)75-49(5,6)7/h13-14,24-27H,11-12,15-23H2,1-10H3,(H2,51,67)(H2,52,68)(H,56,71)(H,54,58,69)(H,55,59,70)(H,57,61,72)/b14-13+. The van der Waals surface area contributed by atoms with Crippen LogP contribution in [0, 0.1) is 13.8 Å². The molecule has 26 heteroatoms. The van der Waals surface area contributed by atoms with Crippen molar-refractivity contribution in [1.82, 2.24) is 48.5 Å². The summed E-state index contributed by atoms with van der Waals surface area (Å²) in [4.78, 5) is 95.7. The molecule has 0 saturated carbocycles. The number of carbonyl (C=O) groups excluding carboxylic acids is 6. The Morgan fingerprint density at radius 2 is 1.29 bits per heavy atom. The Morgan fingerprint density at radius 3 is 1.91 bits per heavy atom. The van der Waals surface area contributed by atoms with Crippen LogP contribution in [0.2, 0.25) is 0 Å². The molecule has 0 radical (unpaired) electrons. The number of hydrogen-bond acceptors (Lipinski definition) is 16. The number of pyridine rings is 1. The Bertz CT molecular complexity index is 3220. The molecule has 7 rings (SSSR count). The third kappa shape index (κ3) is 13.1. The summed E-state index contributed by atoms with van der Waals surface area (Å²) < 4.78 is 29.0. The highest BCUT2D eigenvalue weighted by Gasteiger charge is 2.29. The second-order valence-electron chi connectivity index (χ2n) is 19.8. The average molecular weight is 1050 g/mol. The molecular weight excluding hydrogens is 985 g/mol. The topological polar surface area (TPSA) is 327 Å². The van der Waals surface area contributed by atoms with Crippen LogP contribution in [0.5, 0.6) is 5.75 Å². The minimum absolute atomic E-state index is 0.0265. The molecule has 6 aromatic rings. The fourth-order valence-corrected chi connectivity index (χ4v) is 8.33. The number of aromatic nitrogens is 9. The van der Waals surface area contributed by atoms with E-state index >= 15 is 0 Å². The Labute approximate surface area is 437 Å². The van der Waals surface area contributed by atoms with Gasteiger partial charge in [0.2, 0.25) is 23.7 Å². The molecule has 1 saturated heterocycles. The minimum Gasteiger partial charge on any atom is -0.491 e. The average Bonchev–Trinajstić information content (AvgIpc) is 4.08. The molecule has 0 atom stereocenters. The summed E-state index contributed by atoms with van der Waals surface area (Å²) in [6.07, 6.45) is 3.96. The lowest BCUT2D eigenvalue weighted by molar-refractivity contribution is 0.0358. The lowest BCUT2D eigenvalue weighted by Crippen LogP contribution is -2.37. The number of imidazole rings is 2. The predicted octanol–water partition coefficient (Wildman–Crippen LogP) is 5.58. The molecular formula is C50H66N16O10. The Morgan fingerprint density at radius 1 is 0.724 bits per heavy atom. The number of fused-ring (bicyclic) bond motifs is 2. The molecule has 76 heavy (non-hydrogen) atoms. The van der Waals surface area contributed by atoms with E-state index in [4.69, 9.17) is 35.4 Å². The molecule has 0 spiro atoms. The first-order chi connectivity index (χ1) is 35.9. The van der Waals surface area contributed by atoms with E-state index in [0.29, 0.717) is 41.9 Å². The van der Waals surface area contributed by atoms with E-state index in [2.05, 4.69) is 46.3 Å². The lowest BCUT2D eigenvalue weighted by Gasteiger charge is -2.26. The SMILES string of the molecule is CCn1nc(NC(=O)OC(C)(C)C)c(C)c1C(=O)Nc1nc2cc(C(N)=O)cc(OCCCN3CCOCC3)c2n1C/C=C/Cn1c(NC(=O)c2c(NC(=O)OC(C)(C)C)c(C)nn2CC)nc2cc(C(N)=O)cnc21. The highest BCUT2D eigenvalue weighted by atomic mass is 16.6. The summed E-state index contributed by atoms with van der Waals surface area (Å²) >= 11 is 0. The van der Waals surface area contributed by atoms with E-state index in [1.54, 1.807) is 90.5 Å². The number of primary amides is 2. The Hall–Kier alpha value is -8.39. The highest BCUT2D eigenvalue weighted by molar-refractivity contribution is 6.09. The van der Waals surface area contributed by atoms with Gasteiger partial charge in [0, 0.05) is 63.1 Å². The zero-order valence-electron chi connectivity index (χ0n) is 44.5. The number of hydrogen-bond donors (Lipinski definition) is 6. The van der Waals surface area contributed by atoms with Crippen LogP contribution in [-0.4, -0.2) is 135 Å². The maximum Gasteiger partial charge on any atom is 0.413 e. The zero-order valence-corrected chi connectivity index (χ0v) is 44.5. The van der Waals surface area contributed by atoms with Crippen molar-refractivity contribution in [1.29, 1.82) is 0 Å². The fraction of sp³-hybridized carbons (Fsp3) is 0.460. The van der Waals surface area contributed by atoms with Gasteiger partial charge in [-0.25, -0.2) is 24.5 Å². The van der Waals surface area contributed by atoms with E-state index in [1.165, 1.54) is 33.8 Å². The molecule has 406 valence electrons. The van der Waals surface area contributed by atoms with Gasteiger partial charge in [0.15, 0.2) is 17.2 Å². The number of anilines is 4. The normalized spacial score (nSPS) is 13.3. The number of nitrogens with one attached hydrogen (secondary N) is 4. The van der Waals surface area contributed by atoms with Gasteiger partial charge in [-0.15, -0.1) is 0 Å². The van der Waals surface area contributed by atoms with E-state index < -0.39 is 47.0 Å². The van der Waals surface area contributed by atoms with Gasteiger partial charge in [0.25, 0.3) is 11.8 Å². The van der Waals surface area contributed by atoms with Crippen LogP contribution in [0.3, 0.4) is 0 Å². The number of ether oxygens (including phenoxy) is 4. The smallest absolute Gasteiger partial charge is 0.413 e. The molecule has 26 nitrogen and oxygen atoms in total. The summed E-state index contributed by atoms with van der Waals surface area (Å²) in [5.74, 6) is -2.23. The molecule has 0 aliphatic carbocycles. The van der Waals surface area contributed by atoms with Gasteiger partial charge in [-0.3, -0.25) is 59.3 Å². The molecule has 1 aromatic carbocycles. The summed E-state index contributed by atoms with van der Waals surface area (Å²) in [7, 11) is 0. The monoisotopic (exact) mass is 1050 g/mol. The number of aryl methyl sites for hydroxylation is 3. The first-order valence-electron chi connectivity index (χ1n) is 24.8. The third-order valence-electron chi connectivity index (χ3n) is 11.7. The molecule has 8 N–H and O–H groups in total. The van der Waals surface area contributed by atoms with Crippen molar-refractivity contribution in [2.24, 2.45) is 11.5 Å². The Kier molecular flexibility index (Phi) is 16.8. The van der Waals surface area contributed by atoms with Crippen molar-refractivity contribution in [2.45, 2.75) is 113 Å². The van der Waals surface area contributed by atoms with Crippen LogP contribution in [0.25, 0.3) is 22.2 Å². The minimum atomic E-state index is -0.823. The number of carbonyl (C=O) groups is 6. The molecule has 0 bridgehead atoms. The summed E-state index contributed by atoms with van der Waals surface area (Å²) in [5.41, 5.74) is 12.3. The molecule has 1 fully saturated rings. The van der Waals surface area contributed by atoms with Crippen molar-refractivity contribution in [3.05, 3.63) is 70.3 Å². The number of amides is 6. The van der Waals surface area contributed by atoms with Gasteiger partial charge in [-0.05, 0) is 93.9 Å². The largest absolute Gasteiger partial charge is 0.491 e. The molecule has 5 aromatic heterocycles. The van der Waals surface area contributed by atoms with Crippen LogP contribution >= 0.6 is 0 Å². The quantitative estimate of drug-likeness (QED) is 0.0426. The Balaban J connectivity index is 1.25. The maximum atomic E-state index is 14.4. The number of morpholine rings is 1. The summed E-state index contributed by atoms with van der Waals surface area (Å²) in [5, 5.41) is 20.0. The highest BCUT2D eigenvalue weighted by Crippen LogP contribution is 2.33. The fourth-order valence-electron chi connectivity index (χ4n) is 8.33. The number of allylic oxidation sites excluding steroid dienone is 2. The summed E-state index contributed by atoms with van der Waals surface area (Å²) in [6, 6.07) is 4.50. The second-order valence-corrected chi connectivity index (χ2v) is 19.8. The third-order valence-corrected chi connectivity index (χ3v) is 11.7. The van der Waals surface area contributed by atoms with Crippen LogP contribution < -0.4 is 37.5 Å². The van der Waals surface area contributed by atoms with Crippen LogP contribution in [0.4, 0.5) is 33.0 Å². The van der Waals surface area contributed by atoms with Gasteiger partial charge in [-0.2, -0.15) is 10.2 Å². The van der Waals surface area contributed by atoms with E-state index in [1.807, 2.05) is 0 Å². The van der Waals surface area contributed by atoms with Crippen LogP contribution in [-0.2, 0) is 40.4 Å². The number of rotatable bonds is 19. The van der Waals surface area contributed by atoms with E-state index in [0.717, 1.165) is 19.6 Å². The van der Waals surface area contributed by atoms with E-state index in [-0.39, 0.29) is 95.6 Å². The molecule has 1 aliphatic heterocycles. The van der Waals surface area contributed by atoms with Gasteiger partial charge in [0.05, 0.1) is 42.3 Å². The first kappa shape index (κ1) is 55.4. The molecule has 6 heterocycles. The molecule has 0 unspecified atom stereocenters. The van der Waals surface area contributed by atoms with E-state index in [9.17, 15) is 28.8 Å². The molecule has 1 aliphatic rings. The van der Waals surface area contributed by atoms with Crippen molar-refractivity contribution in [2.75, 3.05) is 60.7 Å². The van der Waals surface area contributed by atoms with Crippen molar-refractivity contribution >= 4 is 81.4 Å². The lowest BCUT2D eigenvalue weighted by atomic mass is 10.1. The van der Waals surface area contributed by atoms with Crippen LogP contribution in [0.15, 0.2) is 36.5 Å². The zero-order chi connectivity index (χ0) is 55.2. The van der Waals surface area contributed by atoms with Gasteiger partial charge < -0.3 is 35.0 Å². The predicted molar refractivity (Wildman–Crippen MR) is 282 cm³/mol. The van der Waals surface area contributed by atoms with Gasteiger partial charge in [0.1, 0.15) is 33.7 Å². The summed E-state index contributed by atoms with van der Waals surface area (Å²) in [6.45, 7) is 21.7. The van der Waals surface area contributed by atoms with Gasteiger partial charge in [-0.1, -0.05) is 12.2 Å². The van der Waals surface area contributed by atoms with Crippen molar-refractivity contribution in [3.8, 4) is 5.75 Å². The van der Waals surface area contributed by atoms with Gasteiger partial charge >= 0.3 is 12.2 Å². The van der Waals surface area contributed by atoms with Crippen LogP contribution in [0.1, 0.15) is 115 Å².